The molecule has 6 rings (SSSR count). The van der Waals surface area contributed by atoms with E-state index < -0.39 is 0 Å². The Morgan fingerprint density at radius 2 is 2.21 bits per heavy atom. The summed E-state index contributed by atoms with van der Waals surface area (Å²) in [7, 11) is 0. The van der Waals surface area contributed by atoms with E-state index >= 15 is 0 Å². The summed E-state index contributed by atoms with van der Waals surface area (Å²) < 4.78 is 0. The molecular weight excluding hydrogens is 428 g/mol. The molecule has 0 radical (unpaired) electrons. The van der Waals surface area contributed by atoms with Crippen molar-refractivity contribution in [1.29, 1.82) is 0 Å². The van der Waals surface area contributed by atoms with Gasteiger partial charge in [-0.15, -0.1) is 11.3 Å². The van der Waals surface area contributed by atoms with Crippen molar-refractivity contribution >= 4 is 33.9 Å². The zero-order valence-electron chi connectivity index (χ0n) is 18.5. The number of benzene rings is 1. The molecule has 5 nitrogen and oxygen atoms in total. The summed E-state index contributed by atoms with van der Waals surface area (Å²) in [6, 6.07) is 10.4. The molecule has 33 heavy (non-hydrogen) atoms. The average Bonchev–Trinajstić information content (AvgIpc) is 3.41. The molecule has 2 aromatic heterocycles. The summed E-state index contributed by atoms with van der Waals surface area (Å²) in [5.41, 5.74) is 10.9. The van der Waals surface area contributed by atoms with Crippen LogP contribution in [0.15, 0.2) is 72.4 Å². The lowest BCUT2D eigenvalue weighted by Crippen LogP contribution is -2.51. The third-order valence-corrected chi connectivity index (χ3v) is 8.21. The van der Waals surface area contributed by atoms with E-state index in [1.165, 1.54) is 16.0 Å². The number of rotatable bonds is 2. The second-order valence-electron chi connectivity index (χ2n) is 9.18. The van der Waals surface area contributed by atoms with E-state index in [1.807, 2.05) is 36.4 Å². The molecule has 0 saturated carbocycles. The van der Waals surface area contributed by atoms with Gasteiger partial charge < -0.3 is 15.6 Å². The number of nitrogens with one attached hydrogen (secondary N) is 1. The summed E-state index contributed by atoms with van der Waals surface area (Å²) >= 11 is 1.77. The first-order valence-corrected chi connectivity index (χ1v) is 12.3. The lowest BCUT2D eigenvalue weighted by atomic mass is 9.82. The number of hydrogen-bond acceptors (Lipinski definition) is 4. The van der Waals surface area contributed by atoms with E-state index in [2.05, 4.69) is 47.2 Å². The van der Waals surface area contributed by atoms with Crippen LogP contribution in [0.3, 0.4) is 0 Å². The summed E-state index contributed by atoms with van der Waals surface area (Å²) in [5, 5.41) is 0. The van der Waals surface area contributed by atoms with Crippen molar-refractivity contribution < 1.29 is 4.79 Å². The highest BCUT2D eigenvalue weighted by Gasteiger charge is 2.43. The molecule has 3 heterocycles. The van der Waals surface area contributed by atoms with E-state index in [0.29, 0.717) is 13.0 Å². The number of carbonyl (C=O) groups excluding carboxylic acids is 1. The Morgan fingerprint density at radius 1 is 1.33 bits per heavy atom. The number of aromatic nitrogens is 2. The van der Waals surface area contributed by atoms with Crippen LogP contribution in [0.5, 0.6) is 0 Å². The Morgan fingerprint density at radius 3 is 3.03 bits per heavy atom. The van der Waals surface area contributed by atoms with E-state index in [1.54, 1.807) is 11.3 Å². The second-order valence-corrected chi connectivity index (χ2v) is 10.2. The topological polar surface area (TPSA) is 75.0 Å². The fraction of sp³-hybridized carbons (Fsp3) is 0.259. The molecule has 3 N–H and O–H groups in total. The van der Waals surface area contributed by atoms with Crippen molar-refractivity contribution in [3.8, 4) is 10.7 Å². The molecule has 0 fully saturated rings. The van der Waals surface area contributed by atoms with Gasteiger partial charge in [0, 0.05) is 23.0 Å². The number of imidazole rings is 1. The van der Waals surface area contributed by atoms with Crippen LogP contribution in [0.2, 0.25) is 0 Å². The Hall–Kier alpha value is -3.22. The molecule has 0 spiro atoms. The predicted molar refractivity (Wildman–Crippen MR) is 135 cm³/mol. The molecule has 2 aliphatic carbocycles. The molecule has 0 saturated heterocycles. The van der Waals surface area contributed by atoms with Crippen LogP contribution in [0.1, 0.15) is 30.2 Å². The van der Waals surface area contributed by atoms with Gasteiger partial charge in [0.2, 0.25) is 0 Å². The maximum Gasteiger partial charge on any atom is 0.254 e. The number of thiophene rings is 1. The van der Waals surface area contributed by atoms with E-state index in [9.17, 15) is 4.79 Å². The van der Waals surface area contributed by atoms with Crippen LogP contribution in [0.4, 0.5) is 0 Å². The van der Waals surface area contributed by atoms with Gasteiger partial charge in [0.05, 0.1) is 21.4 Å². The van der Waals surface area contributed by atoms with E-state index in [-0.39, 0.29) is 17.5 Å². The molecule has 1 aromatic carbocycles. The molecule has 1 aliphatic heterocycles. The Balaban J connectivity index is 1.39. The minimum absolute atomic E-state index is 0.00184. The zero-order chi connectivity index (χ0) is 22.6. The van der Waals surface area contributed by atoms with Gasteiger partial charge >= 0.3 is 0 Å². The maximum atomic E-state index is 13.6. The molecule has 6 heteroatoms. The molecule has 3 aliphatic rings. The molecular formula is C27H26N4OS. The SMILES string of the molecule is CC12CC=CC=C1c1sc(-c3nc4ccccc4[nH]3)cc1CCN2C(=O)C1=CCC(N)C=C1. The largest absolute Gasteiger partial charge is 0.337 e. The van der Waals surface area contributed by atoms with Crippen LogP contribution >= 0.6 is 11.3 Å². The summed E-state index contributed by atoms with van der Waals surface area (Å²) in [6.07, 6.45) is 14.6. The van der Waals surface area contributed by atoms with Crippen LogP contribution in [0, 0.1) is 0 Å². The third kappa shape index (κ3) is 3.33. The van der Waals surface area contributed by atoms with Gasteiger partial charge in [-0.3, -0.25) is 4.79 Å². The highest BCUT2D eigenvalue weighted by Crippen LogP contribution is 2.47. The smallest absolute Gasteiger partial charge is 0.254 e. The zero-order valence-corrected chi connectivity index (χ0v) is 19.4. The van der Waals surface area contributed by atoms with Crippen LogP contribution in [-0.2, 0) is 11.2 Å². The standard InChI is InChI=1S/C27H26N4OS/c1-27-14-5-4-6-20(27)24-18(13-15-31(27)26(32)17-9-11-19(28)12-10-17)16-23(33-24)25-29-21-7-2-3-8-22(21)30-25/h2-11,16,19H,12-15,28H2,1H3,(H,29,30). The Kier molecular flexibility index (Phi) is 4.75. The van der Waals surface area contributed by atoms with Crippen LogP contribution in [0.25, 0.3) is 27.3 Å². The Bertz CT molecular complexity index is 1360. The summed E-state index contributed by atoms with van der Waals surface area (Å²) in [5.74, 6) is 0.999. The van der Waals surface area contributed by atoms with Gasteiger partial charge in [0.25, 0.3) is 5.91 Å². The van der Waals surface area contributed by atoms with E-state index in [4.69, 9.17) is 10.7 Å². The minimum atomic E-state index is -0.388. The van der Waals surface area contributed by atoms with Gasteiger partial charge in [0.1, 0.15) is 5.82 Å². The van der Waals surface area contributed by atoms with Crippen molar-refractivity contribution in [1.82, 2.24) is 14.9 Å². The monoisotopic (exact) mass is 454 g/mol. The lowest BCUT2D eigenvalue weighted by Gasteiger charge is -2.43. The number of para-hydroxylation sites is 2. The van der Waals surface area contributed by atoms with E-state index in [0.717, 1.165) is 40.1 Å². The van der Waals surface area contributed by atoms with Gasteiger partial charge in [-0.1, -0.05) is 48.6 Å². The van der Waals surface area contributed by atoms with Crippen LogP contribution in [-0.4, -0.2) is 38.9 Å². The van der Waals surface area contributed by atoms with Gasteiger partial charge in [-0.05, 0) is 55.5 Å². The van der Waals surface area contributed by atoms with Crippen LogP contribution < -0.4 is 5.73 Å². The Labute approximate surface area is 197 Å². The number of allylic oxidation sites excluding steroid dienone is 2. The lowest BCUT2D eigenvalue weighted by molar-refractivity contribution is -0.130. The minimum Gasteiger partial charge on any atom is -0.337 e. The summed E-state index contributed by atoms with van der Waals surface area (Å²) in [6.45, 7) is 2.88. The van der Waals surface area contributed by atoms with Gasteiger partial charge in [-0.25, -0.2) is 4.98 Å². The highest BCUT2D eigenvalue weighted by atomic mass is 32.1. The number of carbonyl (C=O) groups is 1. The van der Waals surface area contributed by atoms with Crippen molar-refractivity contribution in [2.24, 2.45) is 5.73 Å². The first kappa shape index (κ1) is 20.4. The first-order valence-electron chi connectivity index (χ1n) is 11.4. The average molecular weight is 455 g/mol. The van der Waals surface area contributed by atoms with Gasteiger partial charge in [-0.2, -0.15) is 0 Å². The third-order valence-electron chi connectivity index (χ3n) is 7.00. The number of nitrogens with two attached hydrogens (primary N) is 1. The fourth-order valence-electron chi connectivity index (χ4n) is 5.11. The number of H-pyrrole nitrogens is 1. The summed E-state index contributed by atoms with van der Waals surface area (Å²) in [4.78, 5) is 26.4. The molecule has 2 atom stereocenters. The number of nitrogens with zero attached hydrogens (tertiary/aromatic N) is 2. The maximum absolute atomic E-state index is 13.6. The highest BCUT2D eigenvalue weighted by molar-refractivity contribution is 7.16. The number of amides is 1. The van der Waals surface area contributed by atoms with Crippen molar-refractivity contribution in [2.45, 2.75) is 37.8 Å². The fourth-order valence-corrected chi connectivity index (χ4v) is 6.42. The molecule has 1 amide bonds. The van der Waals surface area contributed by atoms with Crippen molar-refractivity contribution in [3.63, 3.8) is 0 Å². The van der Waals surface area contributed by atoms with Gasteiger partial charge in [0.15, 0.2) is 0 Å². The van der Waals surface area contributed by atoms with Crippen molar-refractivity contribution in [2.75, 3.05) is 6.54 Å². The quantitative estimate of drug-likeness (QED) is 0.573. The first-order chi connectivity index (χ1) is 16.0. The molecule has 3 aromatic rings. The normalized spacial score (nSPS) is 24.2. The molecule has 2 unspecified atom stereocenters. The number of fused-ring (bicyclic) bond motifs is 4. The number of aromatic amines is 1. The second kappa shape index (κ2) is 7.68. The van der Waals surface area contributed by atoms with Crippen molar-refractivity contribution in [3.05, 3.63) is 82.8 Å². The predicted octanol–water partition coefficient (Wildman–Crippen LogP) is 4.99. The molecule has 0 bridgehead atoms. The number of hydrogen-bond donors (Lipinski definition) is 2. The molecule has 166 valence electrons.